The Balaban J connectivity index is 2.21. The highest BCUT2D eigenvalue weighted by Gasteiger charge is 2.47. The van der Waals surface area contributed by atoms with Gasteiger partial charge in [0.25, 0.3) is 0 Å². The van der Waals surface area contributed by atoms with E-state index in [0.29, 0.717) is 6.61 Å². The standard InChI is InChI=1S/C17H26O3/c1-6-19-15(18)10-12(2)13-11-14-16(3,4)8-7-9-17(14,5)20-13/h10-11,13H,6-9H2,1-5H3/b12-10+/t13-,17-/m1/s1. The Kier molecular flexibility index (Phi) is 4.10. The van der Waals surface area contributed by atoms with E-state index in [1.807, 2.05) is 13.8 Å². The topological polar surface area (TPSA) is 35.5 Å². The molecule has 1 fully saturated rings. The van der Waals surface area contributed by atoms with Crippen molar-refractivity contribution >= 4 is 5.97 Å². The van der Waals surface area contributed by atoms with Crippen LogP contribution in [-0.2, 0) is 14.3 Å². The van der Waals surface area contributed by atoms with Crippen LogP contribution in [0.4, 0.5) is 0 Å². The molecule has 0 unspecified atom stereocenters. The van der Waals surface area contributed by atoms with Crippen molar-refractivity contribution in [3.63, 3.8) is 0 Å². The van der Waals surface area contributed by atoms with Gasteiger partial charge in [-0.2, -0.15) is 0 Å². The van der Waals surface area contributed by atoms with E-state index >= 15 is 0 Å². The number of hydrogen-bond donors (Lipinski definition) is 0. The lowest BCUT2D eigenvalue weighted by Gasteiger charge is -2.42. The maximum Gasteiger partial charge on any atom is 0.330 e. The van der Waals surface area contributed by atoms with Gasteiger partial charge in [0.05, 0.1) is 18.3 Å². The Morgan fingerprint density at radius 2 is 2.15 bits per heavy atom. The van der Waals surface area contributed by atoms with Crippen LogP contribution in [0.3, 0.4) is 0 Å². The third kappa shape index (κ3) is 2.83. The van der Waals surface area contributed by atoms with Crippen molar-refractivity contribution in [2.24, 2.45) is 5.41 Å². The minimum atomic E-state index is -0.286. The lowest BCUT2D eigenvalue weighted by atomic mass is 9.67. The van der Waals surface area contributed by atoms with E-state index < -0.39 is 0 Å². The summed E-state index contributed by atoms with van der Waals surface area (Å²) in [5.74, 6) is -0.286. The highest BCUT2D eigenvalue weighted by molar-refractivity contribution is 5.83. The van der Waals surface area contributed by atoms with Gasteiger partial charge in [0.15, 0.2) is 0 Å². The summed E-state index contributed by atoms with van der Waals surface area (Å²) < 4.78 is 11.2. The van der Waals surface area contributed by atoms with Gasteiger partial charge in [-0.3, -0.25) is 0 Å². The summed E-state index contributed by atoms with van der Waals surface area (Å²) in [6.07, 6.45) is 7.12. The van der Waals surface area contributed by atoms with Crippen molar-refractivity contribution in [2.75, 3.05) is 6.61 Å². The molecule has 0 amide bonds. The van der Waals surface area contributed by atoms with Gasteiger partial charge in [0, 0.05) is 6.08 Å². The van der Waals surface area contributed by atoms with E-state index in [4.69, 9.17) is 9.47 Å². The lowest BCUT2D eigenvalue weighted by molar-refractivity contribution is -0.137. The fourth-order valence-corrected chi connectivity index (χ4v) is 3.52. The van der Waals surface area contributed by atoms with Gasteiger partial charge < -0.3 is 9.47 Å². The molecule has 3 nitrogen and oxygen atoms in total. The monoisotopic (exact) mass is 278 g/mol. The maximum absolute atomic E-state index is 11.6. The zero-order valence-electron chi connectivity index (χ0n) is 13.3. The molecule has 0 bridgehead atoms. The third-order valence-corrected chi connectivity index (χ3v) is 4.54. The van der Waals surface area contributed by atoms with Gasteiger partial charge in [-0.1, -0.05) is 13.8 Å². The lowest BCUT2D eigenvalue weighted by Crippen LogP contribution is -2.39. The molecule has 1 saturated carbocycles. The number of hydrogen-bond acceptors (Lipinski definition) is 3. The van der Waals surface area contributed by atoms with Gasteiger partial charge in [-0.25, -0.2) is 4.79 Å². The molecule has 0 radical (unpaired) electrons. The van der Waals surface area contributed by atoms with Crippen LogP contribution in [0.1, 0.15) is 53.9 Å². The van der Waals surface area contributed by atoms with Crippen LogP contribution < -0.4 is 0 Å². The molecule has 2 rings (SSSR count). The Morgan fingerprint density at radius 1 is 1.45 bits per heavy atom. The Hall–Kier alpha value is -1.09. The van der Waals surface area contributed by atoms with Gasteiger partial charge in [0.1, 0.15) is 0 Å². The van der Waals surface area contributed by atoms with Crippen molar-refractivity contribution in [3.8, 4) is 0 Å². The minimum Gasteiger partial charge on any atom is -0.463 e. The number of carbonyl (C=O) groups excluding carboxylic acids is 1. The Labute approximate surface area is 122 Å². The molecule has 2 aliphatic rings. The number of carbonyl (C=O) groups is 1. The first-order chi connectivity index (χ1) is 9.28. The van der Waals surface area contributed by atoms with Gasteiger partial charge in [0.2, 0.25) is 0 Å². The van der Waals surface area contributed by atoms with Crippen molar-refractivity contribution < 1.29 is 14.3 Å². The van der Waals surface area contributed by atoms with Crippen molar-refractivity contribution in [3.05, 3.63) is 23.3 Å². The van der Waals surface area contributed by atoms with E-state index in [0.717, 1.165) is 12.0 Å². The highest BCUT2D eigenvalue weighted by atomic mass is 16.5. The summed E-state index contributed by atoms with van der Waals surface area (Å²) >= 11 is 0. The molecule has 1 heterocycles. The molecule has 0 spiro atoms. The van der Waals surface area contributed by atoms with E-state index in [1.165, 1.54) is 18.4 Å². The average Bonchev–Trinajstić information content (AvgIpc) is 2.68. The second-order valence-electron chi connectivity index (χ2n) is 6.73. The van der Waals surface area contributed by atoms with E-state index in [1.54, 1.807) is 6.08 Å². The molecular formula is C17H26O3. The second kappa shape index (κ2) is 5.36. The fraction of sp³-hybridized carbons (Fsp3) is 0.706. The highest BCUT2D eigenvalue weighted by Crippen LogP contribution is 2.51. The molecule has 0 aromatic carbocycles. The molecule has 1 aliphatic heterocycles. The summed E-state index contributed by atoms with van der Waals surface area (Å²) in [6.45, 7) is 10.9. The maximum atomic E-state index is 11.6. The number of esters is 1. The van der Waals surface area contributed by atoms with Crippen molar-refractivity contribution in [1.82, 2.24) is 0 Å². The molecule has 20 heavy (non-hydrogen) atoms. The summed E-state index contributed by atoms with van der Waals surface area (Å²) in [6, 6.07) is 0. The molecule has 0 aromatic rings. The van der Waals surface area contributed by atoms with E-state index in [-0.39, 0.29) is 23.1 Å². The fourth-order valence-electron chi connectivity index (χ4n) is 3.52. The average molecular weight is 278 g/mol. The van der Waals surface area contributed by atoms with Crippen LogP contribution in [-0.4, -0.2) is 24.3 Å². The molecule has 0 N–H and O–H groups in total. The summed E-state index contributed by atoms with van der Waals surface area (Å²) in [5, 5.41) is 0. The molecule has 1 aliphatic carbocycles. The first kappa shape index (κ1) is 15.3. The Bertz CT molecular complexity index is 459. The van der Waals surface area contributed by atoms with E-state index in [2.05, 4.69) is 26.8 Å². The van der Waals surface area contributed by atoms with Gasteiger partial charge in [-0.15, -0.1) is 0 Å². The van der Waals surface area contributed by atoms with Crippen LogP contribution >= 0.6 is 0 Å². The van der Waals surface area contributed by atoms with E-state index in [9.17, 15) is 4.79 Å². The predicted molar refractivity (Wildman–Crippen MR) is 79.4 cm³/mol. The van der Waals surface area contributed by atoms with Gasteiger partial charge >= 0.3 is 5.97 Å². The van der Waals surface area contributed by atoms with Gasteiger partial charge in [-0.05, 0) is 62.7 Å². The van der Waals surface area contributed by atoms with Crippen LogP contribution in [0, 0.1) is 5.41 Å². The number of fused-ring (bicyclic) bond motifs is 1. The summed E-state index contributed by atoms with van der Waals surface area (Å²) in [5.41, 5.74) is 2.32. The van der Waals surface area contributed by atoms with Crippen LogP contribution in [0.15, 0.2) is 23.3 Å². The molecular weight excluding hydrogens is 252 g/mol. The molecule has 3 heteroatoms. The molecule has 0 saturated heterocycles. The summed E-state index contributed by atoms with van der Waals surface area (Å²) in [7, 11) is 0. The quantitative estimate of drug-likeness (QED) is 0.447. The zero-order chi connectivity index (χ0) is 15.0. The number of rotatable bonds is 3. The largest absolute Gasteiger partial charge is 0.463 e. The van der Waals surface area contributed by atoms with Crippen molar-refractivity contribution in [2.45, 2.75) is 65.6 Å². The normalized spacial score (nSPS) is 32.5. The Morgan fingerprint density at radius 3 is 2.75 bits per heavy atom. The predicted octanol–water partition coefficient (Wildman–Crippen LogP) is 3.79. The van der Waals surface area contributed by atoms with Crippen LogP contribution in [0.5, 0.6) is 0 Å². The SMILES string of the molecule is CCOC(=O)/C=C(\C)[C@H]1C=C2C(C)(C)CCC[C@@]2(C)O1. The van der Waals surface area contributed by atoms with Crippen LogP contribution in [0.2, 0.25) is 0 Å². The second-order valence-corrected chi connectivity index (χ2v) is 6.73. The third-order valence-electron chi connectivity index (χ3n) is 4.54. The minimum absolute atomic E-state index is 0.100. The van der Waals surface area contributed by atoms with Crippen molar-refractivity contribution in [1.29, 1.82) is 0 Å². The first-order valence-electron chi connectivity index (χ1n) is 7.54. The smallest absolute Gasteiger partial charge is 0.330 e. The zero-order valence-corrected chi connectivity index (χ0v) is 13.3. The van der Waals surface area contributed by atoms with Crippen LogP contribution in [0.25, 0.3) is 0 Å². The summed E-state index contributed by atoms with van der Waals surface area (Å²) in [4.78, 5) is 11.6. The molecule has 112 valence electrons. The molecule has 0 aromatic heterocycles. The molecule has 2 atom stereocenters. The first-order valence-corrected chi connectivity index (χ1v) is 7.54. The number of ether oxygens (including phenoxy) is 2.